The highest BCUT2D eigenvalue weighted by Crippen LogP contribution is 2.32. The first-order chi connectivity index (χ1) is 16.5. The number of anilines is 1. The average molecular weight is 604 g/mol. The summed E-state index contributed by atoms with van der Waals surface area (Å²) in [5.41, 5.74) is 7.08. The molecule has 0 aliphatic carbocycles. The molecule has 0 aromatic heterocycles. The lowest BCUT2D eigenvalue weighted by molar-refractivity contribution is -0.125. The van der Waals surface area contributed by atoms with Crippen LogP contribution in [-0.2, 0) is 14.4 Å². The summed E-state index contributed by atoms with van der Waals surface area (Å²) in [7, 11) is 0. The van der Waals surface area contributed by atoms with Gasteiger partial charge in [-0.2, -0.15) is 0 Å². The van der Waals surface area contributed by atoms with E-state index in [-0.39, 0.29) is 35.5 Å². The molecule has 0 heterocycles. The van der Waals surface area contributed by atoms with Gasteiger partial charge in [-0.25, -0.2) is 0 Å². The van der Waals surface area contributed by atoms with Gasteiger partial charge in [0.25, 0.3) is 5.91 Å². The Hall–Kier alpha value is -2.40. The molecule has 0 aliphatic heterocycles. The van der Waals surface area contributed by atoms with Crippen molar-refractivity contribution in [1.29, 1.82) is 0 Å². The quantitative estimate of drug-likeness (QED) is 0.250. The molecule has 2 aromatic rings. The van der Waals surface area contributed by atoms with E-state index in [0.29, 0.717) is 16.5 Å². The molecule has 0 spiro atoms. The number of ether oxygens (including phenoxy) is 1. The van der Waals surface area contributed by atoms with Crippen LogP contribution in [0.1, 0.15) is 43.7 Å². The minimum Gasteiger partial charge on any atom is -0.483 e. The van der Waals surface area contributed by atoms with Crippen LogP contribution >= 0.6 is 51.3 Å². The van der Waals surface area contributed by atoms with Crippen LogP contribution < -0.4 is 26.2 Å². The molecule has 0 atom stereocenters. The van der Waals surface area contributed by atoms with E-state index < -0.39 is 17.7 Å². The van der Waals surface area contributed by atoms with Gasteiger partial charge in [-0.15, -0.1) is 0 Å². The normalized spacial score (nSPS) is 10.5. The van der Waals surface area contributed by atoms with Crippen molar-refractivity contribution in [2.75, 3.05) is 11.9 Å². The molecule has 0 saturated heterocycles. The number of carbonyl (C=O) groups is 3. The summed E-state index contributed by atoms with van der Waals surface area (Å²) in [6, 6.07) is 8.48. The monoisotopic (exact) mass is 602 g/mol. The van der Waals surface area contributed by atoms with Gasteiger partial charge < -0.3 is 10.1 Å². The van der Waals surface area contributed by atoms with Crippen molar-refractivity contribution < 1.29 is 19.1 Å². The summed E-state index contributed by atoms with van der Waals surface area (Å²) in [4.78, 5) is 36.2. The van der Waals surface area contributed by atoms with Gasteiger partial charge in [-0.05, 0) is 66.5 Å². The Kier molecular flexibility index (Phi) is 11.2. The number of benzene rings is 2. The topological polar surface area (TPSA) is 109 Å². The van der Waals surface area contributed by atoms with Crippen LogP contribution in [0.4, 0.5) is 5.69 Å². The Morgan fingerprint density at radius 1 is 1.03 bits per heavy atom. The Bertz CT molecular complexity index is 1130. The molecule has 2 aromatic carbocycles. The van der Waals surface area contributed by atoms with Crippen molar-refractivity contribution in [3.8, 4) is 5.75 Å². The van der Waals surface area contributed by atoms with Crippen LogP contribution in [0, 0.1) is 6.92 Å². The van der Waals surface area contributed by atoms with Gasteiger partial charge in [0.05, 0.1) is 10.7 Å². The lowest BCUT2D eigenvalue weighted by atomic mass is 10.0. The zero-order valence-corrected chi connectivity index (χ0v) is 23.2. The van der Waals surface area contributed by atoms with Gasteiger partial charge in [-0.1, -0.05) is 53.0 Å². The number of hydrogen-bond donors (Lipinski definition) is 4. The van der Waals surface area contributed by atoms with Crippen molar-refractivity contribution in [2.45, 2.75) is 39.5 Å². The van der Waals surface area contributed by atoms with Gasteiger partial charge in [-0.3, -0.25) is 30.6 Å². The highest BCUT2D eigenvalue weighted by atomic mass is 79.9. The fraction of sp³-hybridized carbons (Fsp3) is 0.304. The third-order valence-electron chi connectivity index (χ3n) is 4.62. The largest absolute Gasteiger partial charge is 0.483 e. The lowest BCUT2D eigenvalue weighted by Crippen LogP contribution is -2.49. The highest BCUT2D eigenvalue weighted by Gasteiger charge is 2.14. The third kappa shape index (κ3) is 9.64. The minimum atomic E-state index is -0.498. The van der Waals surface area contributed by atoms with E-state index >= 15 is 0 Å². The smallest absolute Gasteiger partial charge is 0.264 e. The van der Waals surface area contributed by atoms with E-state index in [2.05, 4.69) is 37.4 Å². The molecule has 2 rings (SSSR count). The van der Waals surface area contributed by atoms with Gasteiger partial charge in [0.1, 0.15) is 5.75 Å². The standard InChI is InChI=1S/C23H25BrCl2N4O4S/c1-12(2)15-10-16(24)13(3)8-19(15)34-11-22(33)28-23(35)30-29-21(32)7-6-20(31)27-18-5-4-14(25)9-17(18)26/h4-5,8-10,12H,6-7,11H2,1-3H3,(H,27,31)(H,29,32)(H2,28,30,33,35). The van der Waals surface area contributed by atoms with E-state index in [1.54, 1.807) is 12.1 Å². The van der Waals surface area contributed by atoms with Crippen LogP contribution in [0.25, 0.3) is 0 Å². The predicted molar refractivity (Wildman–Crippen MR) is 145 cm³/mol. The molecular weight excluding hydrogens is 579 g/mol. The molecular formula is C23H25BrCl2N4O4S. The van der Waals surface area contributed by atoms with E-state index in [1.165, 1.54) is 6.07 Å². The second-order valence-electron chi connectivity index (χ2n) is 7.81. The molecule has 4 N–H and O–H groups in total. The summed E-state index contributed by atoms with van der Waals surface area (Å²) < 4.78 is 6.65. The first kappa shape index (κ1) is 28.8. The predicted octanol–water partition coefficient (Wildman–Crippen LogP) is 5.01. The molecule has 188 valence electrons. The van der Waals surface area contributed by atoms with Crippen molar-refractivity contribution >= 4 is 79.9 Å². The molecule has 3 amide bonds. The Balaban J connectivity index is 1.72. The molecule has 0 bridgehead atoms. The zero-order chi connectivity index (χ0) is 26.1. The Labute approximate surface area is 227 Å². The second kappa shape index (κ2) is 13.6. The number of rotatable bonds is 8. The lowest BCUT2D eigenvalue weighted by Gasteiger charge is -2.16. The Morgan fingerprint density at radius 2 is 1.71 bits per heavy atom. The fourth-order valence-electron chi connectivity index (χ4n) is 2.80. The van der Waals surface area contributed by atoms with Crippen molar-refractivity contribution in [2.24, 2.45) is 0 Å². The number of thiocarbonyl (C=S) groups is 1. The second-order valence-corrected chi connectivity index (χ2v) is 9.91. The summed E-state index contributed by atoms with van der Waals surface area (Å²) >= 11 is 20.3. The maximum Gasteiger partial charge on any atom is 0.264 e. The number of hydrazine groups is 1. The maximum absolute atomic E-state index is 12.2. The third-order valence-corrected chi connectivity index (χ3v) is 6.23. The van der Waals surface area contributed by atoms with Crippen LogP contribution in [-0.4, -0.2) is 29.4 Å². The molecule has 0 unspecified atom stereocenters. The Morgan fingerprint density at radius 3 is 2.37 bits per heavy atom. The van der Waals surface area contributed by atoms with Gasteiger partial charge in [0.15, 0.2) is 11.7 Å². The first-order valence-corrected chi connectivity index (χ1v) is 12.5. The number of carbonyl (C=O) groups excluding carboxylic acids is 3. The zero-order valence-electron chi connectivity index (χ0n) is 19.3. The van der Waals surface area contributed by atoms with E-state index in [9.17, 15) is 14.4 Å². The van der Waals surface area contributed by atoms with Gasteiger partial charge in [0, 0.05) is 22.3 Å². The van der Waals surface area contributed by atoms with E-state index in [4.69, 9.17) is 40.2 Å². The minimum absolute atomic E-state index is 0.0930. The molecule has 0 radical (unpaired) electrons. The van der Waals surface area contributed by atoms with Crippen molar-refractivity contribution in [3.05, 3.63) is 56.0 Å². The number of nitrogens with one attached hydrogen (secondary N) is 4. The van der Waals surface area contributed by atoms with Gasteiger partial charge >= 0.3 is 0 Å². The van der Waals surface area contributed by atoms with E-state index in [1.807, 2.05) is 32.9 Å². The van der Waals surface area contributed by atoms with E-state index in [0.717, 1.165) is 15.6 Å². The average Bonchev–Trinajstić information content (AvgIpc) is 2.78. The summed E-state index contributed by atoms with van der Waals surface area (Å²) in [6.07, 6.45) is -0.213. The molecule has 0 fully saturated rings. The highest BCUT2D eigenvalue weighted by molar-refractivity contribution is 9.10. The number of aryl methyl sites for hydroxylation is 1. The molecule has 0 aliphatic rings. The van der Waals surface area contributed by atoms with Crippen LogP contribution in [0.3, 0.4) is 0 Å². The van der Waals surface area contributed by atoms with Crippen molar-refractivity contribution in [1.82, 2.24) is 16.2 Å². The van der Waals surface area contributed by atoms with Crippen LogP contribution in [0.5, 0.6) is 5.75 Å². The first-order valence-electron chi connectivity index (χ1n) is 10.5. The van der Waals surface area contributed by atoms with Gasteiger partial charge in [0.2, 0.25) is 11.8 Å². The SMILES string of the molecule is Cc1cc(OCC(=O)NC(=S)NNC(=O)CCC(=O)Nc2ccc(Cl)cc2Cl)c(C(C)C)cc1Br. The summed E-state index contributed by atoms with van der Waals surface area (Å²) in [6.45, 7) is 5.73. The van der Waals surface area contributed by atoms with Crippen LogP contribution in [0.15, 0.2) is 34.8 Å². The fourth-order valence-corrected chi connectivity index (χ4v) is 3.79. The number of hydrogen-bond acceptors (Lipinski definition) is 5. The molecule has 0 saturated carbocycles. The summed E-state index contributed by atoms with van der Waals surface area (Å²) in [5.74, 6) is -0.580. The van der Waals surface area contributed by atoms with Crippen LogP contribution in [0.2, 0.25) is 10.0 Å². The molecule has 12 heteroatoms. The number of amides is 3. The maximum atomic E-state index is 12.2. The van der Waals surface area contributed by atoms with Crippen molar-refractivity contribution in [3.63, 3.8) is 0 Å². The molecule has 8 nitrogen and oxygen atoms in total. The summed E-state index contributed by atoms with van der Waals surface area (Å²) in [5, 5.41) is 5.64. The molecule has 35 heavy (non-hydrogen) atoms. The number of halogens is 3.